The Kier molecular flexibility index (Phi) is 11.3. The van der Waals surface area contributed by atoms with Crippen LogP contribution in [0, 0.1) is 0 Å². The van der Waals surface area contributed by atoms with E-state index in [1.807, 2.05) is 54.6 Å². The average molecular weight is 550 g/mol. The molecule has 0 radical (unpaired) electrons. The molecule has 2 heterocycles. The molecule has 3 atom stereocenters. The Morgan fingerprint density at radius 1 is 0.846 bits per heavy atom. The number of pyridine rings is 1. The van der Waals surface area contributed by atoms with Crippen LogP contribution in [0.15, 0.2) is 84.0 Å². The van der Waals surface area contributed by atoms with Gasteiger partial charge < -0.3 is 14.8 Å². The number of nitrogens with zero attached hydrogens (tertiary/aromatic N) is 1. The number of hydroxylamine groups is 1. The molecular formula is C30H35N3O5S. The van der Waals surface area contributed by atoms with E-state index in [1.54, 1.807) is 29.6 Å². The SMILES string of the molecule is O=C(CCCCCCC(=O)Nc1ccc([C@H]2OC(CSc3ccncc3)CC(c3ccccc3)O2)cc1)NO. The zero-order valence-electron chi connectivity index (χ0n) is 21.8. The Bertz CT molecular complexity index is 1160. The molecule has 0 aliphatic carbocycles. The van der Waals surface area contributed by atoms with E-state index in [2.05, 4.69) is 22.4 Å². The summed E-state index contributed by atoms with van der Waals surface area (Å²) in [4.78, 5) is 28.6. The smallest absolute Gasteiger partial charge is 0.243 e. The Hall–Kier alpha value is -3.24. The molecule has 4 rings (SSSR count). The number of carbonyl (C=O) groups is 2. The van der Waals surface area contributed by atoms with Gasteiger partial charge in [0.05, 0.1) is 12.2 Å². The highest BCUT2D eigenvalue weighted by atomic mass is 32.2. The molecule has 2 aromatic carbocycles. The lowest BCUT2D eigenvalue weighted by Crippen LogP contribution is -2.31. The fourth-order valence-corrected chi connectivity index (χ4v) is 5.31. The maximum atomic E-state index is 12.4. The topological polar surface area (TPSA) is 110 Å². The molecule has 9 heteroatoms. The number of carbonyl (C=O) groups excluding carboxylic acids is 2. The fraction of sp³-hybridized carbons (Fsp3) is 0.367. The largest absolute Gasteiger partial charge is 0.344 e. The van der Waals surface area contributed by atoms with Crippen LogP contribution in [0.4, 0.5) is 5.69 Å². The molecule has 1 saturated heterocycles. The number of hydrogen-bond donors (Lipinski definition) is 3. The van der Waals surface area contributed by atoms with Crippen molar-refractivity contribution in [2.45, 2.75) is 68.3 Å². The summed E-state index contributed by atoms with van der Waals surface area (Å²) < 4.78 is 12.8. The molecule has 1 fully saturated rings. The minimum absolute atomic E-state index is 0.00419. The van der Waals surface area contributed by atoms with Crippen molar-refractivity contribution >= 4 is 29.3 Å². The molecule has 3 aromatic rings. The molecule has 1 aromatic heterocycles. The minimum atomic E-state index is -0.510. The maximum absolute atomic E-state index is 12.4. The number of thioether (sulfide) groups is 1. The third kappa shape index (κ3) is 9.47. The second-order valence-electron chi connectivity index (χ2n) is 9.47. The van der Waals surface area contributed by atoms with Crippen molar-refractivity contribution in [3.8, 4) is 0 Å². The minimum Gasteiger partial charge on any atom is -0.344 e. The van der Waals surface area contributed by atoms with Crippen molar-refractivity contribution in [3.63, 3.8) is 0 Å². The van der Waals surface area contributed by atoms with Gasteiger partial charge in [-0.15, -0.1) is 11.8 Å². The molecule has 0 saturated carbocycles. The lowest BCUT2D eigenvalue weighted by Gasteiger charge is -2.36. The van der Waals surface area contributed by atoms with E-state index in [0.717, 1.165) is 53.1 Å². The van der Waals surface area contributed by atoms with E-state index in [-0.39, 0.29) is 24.0 Å². The van der Waals surface area contributed by atoms with Crippen LogP contribution in [0.1, 0.15) is 68.5 Å². The molecule has 3 N–H and O–H groups in total. The highest BCUT2D eigenvalue weighted by Gasteiger charge is 2.32. The van der Waals surface area contributed by atoms with Gasteiger partial charge in [-0.1, -0.05) is 55.3 Å². The molecular weight excluding hydrogens is 514 g/mol. The monoisotopic (exact) mass is 549 g/mol. The van der Waals surface area contributed by atoms with Gasteiger partial charge in [0.15, 0.2) is 6.29 Å². The van der Waals surface area contributed by atoms with Crippen molar-refractivity contribution in [2.75, 3.05) is 11.1 Å². The summed E-state index contributed by atoms with van der Waals surface area (Å²) in [6.07, 6.45) is 7.60. The van der Waals surface area contributed by atoms with Crippen molar-refractivity contribution in [1.29, 1.82) is 0 Å². The summed E-state index contributed by atoms with van der Waals surface area (Å²) in [5.41, 5.74) is 4.39. The Labute approximate surface area is 233 Å². The third-order valence-electron chi connectivity index (χ3n) is 6.49. The van der Waals surface area contributed by atoms with Crippen LogP contribution < -0.4 is 10.8 Å². The highest BCUT2D eigenvalue weighted by molar-refractivity contribution is 7.99. The first kappa shape index (κ1) is 28.8. The van der Waals surface area contributed by atoms with Gasteiger partial charge >= 0.3 is 0 Å². The molecule has 1 aliphatic rings. The predicted molar refractivity (Wildman–Crippen MR) is 150 cm³/mol. The number of unbranched alkanes of at least 4 members (excludes halogenated alkanes) is 3. The van der Waals surface area contributed by atoms with Gasteiger partial charge in [0, 0.05) is 53.6 Å². The van der Waals surface area contributed by atoms with Crippen LogP contribution in [-0.2, 0) is 19.1 Å². The highest BCUT2D eigenvalue weighted by Crippen LogP contribution is 2.39. The summed E-state index contributed by atoms with van der Waals surface area (Å²) in [6.45, 7) is 0. The van der Waals surface area contributed by atoms with Crippen molar-refractivity contribution in [1.82, 2.24) is 10.5 Å². The summed E-state index contributed by atoms with van der Waals surface area (Å²) in [7, 11) is 0. The third-order valence-corrected chi connectivity index (χ3v) is 7.63. The lowest BCUT2D eigenvalue weighted by molar-refractivity contribution is -0.245. The van der Waals surface area contributed by atoms with E-state index in [0.29, 0.717) is 19.3 Å². The quantitative estimate of drug-likeness (QED) is 0.101. The van der Waals surface area contributed by atoms with E-state index >= 15 is 0 Å². The van der Waals surface area contributed by atoms with Gasteiger partial charge in [-0.3, -0.25) is 19.8 Å². The van der Waals surface area contributed by atoms with Gasteiger partial charge in [0.25, 0.3) is 0 Å². The van der Waals surface area contributed by atoms with E-state index in [1.165, 1.54) is 0 Å². The maximum Gasteiger partial charge on any atom is 0.243 e. The number of amides is 2. The van der Waals surface area contributed by atoms with Crippen molar-refractivity contribution in [3.05, 3.63) is 90.3 Å². The van der Waals surface area contributed by atoms with Gasteiger partial charge in [-0.05, 0) is 42.7 Å². The number of aromatic nitrogens is 1. The van der Waals surface area contributed by atoms with Crippen LogP contribution >= 0.6 is 11.8 Å². The number of anilines is 1. The van der Waals surface area contributed by atoms with Crippen molar-refractivity contribution in [2.24, 2.45) is 0 Å². The molecule has 2 amide bonds. The number of ether oxygens (including phenoxy) is 2. The second kappa shape index (κ2) is 15.4. The van der Waals surface area contributed by atoms with Crippen LogP contribution in [-0.4, -0.2) is 33.9 Å². The summed E-state index contributed by atoms with van der Waals surface area (Å²) in [6, 6.07) is 21.9. The lowest BCUT2D eigenvalue weighted by atomic mass is 10.0. The molecule has 39 heavy (non-hydrogen) atoms. The summed E-state index contributed by atoms with van der Waals surface area (Å²) in [5.74, 6) is 0.379. The molecule has 206 valence electrons. The average Bonchev–Trinajstić information content (AvgIpc) is 2.99. The number of nitrogens with one attached hydrogen (secondary N) is 2. The first-order valence-corrected chi connectivity index (χ1v) is 14.3. The number of benzene rings is 2. The zero-order chi connectivity index (χ0) is 27.3. The molecule has 8 nitrogen and oxygen atoms in total. The first-order chi connectivity index (χ1) is 19.1. The molecule has 1 aliphatic heterocycles. The Balaban J connectivity index is 1.30. The normalized spacial score (nSPS) is 18.8. The Morgan fingerprint density at radius 2 is 1.54 bits per heavy atom. The first-order valence-electron chi connectivity index (χ1n) is 13.3. The van der Waals surface area contributed by atoms with Gasteiger partial charge in [-0.25, -0.2) is 5.48 Å². The predicted octanol–water partition coefficient (Wildman–Crippen LogP) is 6.20. The van der Waals surface area contributed by atoms with Crippen molar-refractivity contribution < 1.29 is 24.3 Å². The molecule has 0 spiro atoms. The van der Waals surface area contributed by atoms with E-state index in [9.17, 15) is 9.59 Å². The summed E-state index contributed by atoms with van der Waals surface area (Å²) in [5, 5.41) is 11.5. The van der Waals surface area contributed by atoms with Gasteiger partial charge in [0.2, 0.25) is 11.8 Å². The van der Waals surface area contributed by atoms with Crippen LogP contribution in [0.2, 0.25) is 0 Å². The van der Waals surface area contributed by atoms with E-state index < -0.39 is 6.29 Å². The van der Waals surface area contributed by atoms with Gasteiger partial charge in [-0.2, -0.15) is 0 Å². The standard InChI is InChI=1S/C30H35N3O5S/c34-28(10-6-1-2-7-11-29(35)33-36)32-24-14-12-23(13-15-24)30-37-25(21-39-26-16-18-31-19-17-26)20-27(38-30)22-8-4-3-5-9-22/h3-5,8-9,12-19,25,27,30,36H,1-2,6-7,10-11,20-21H2,(H,32,34)(H,33,35)/t25?,27?,30-/m0/s1. The molecule has 0 bridgehead atoms. The Morgan fingerprint density at radius 3 is 2.23 bits per heavy atom. The zero-order valence-corrected chi connectivity index (χ0v) is 22.6. The summed E-state index contributed by atoms with van der Waals surface area (Å²) >= 11 is 1.75. The van der Waals surface area contributed by atoms with Crippen LogP contribution in [0.5, 0.6) is 0 Å². The van der Waals surface area contributed by atoms with Gasteiger partial charge in [0.1, 0.15) is 0 Å². The fourth-order valence-electron chi connectivity index (χ4n) is 4.40. The molecule has 2 unspecified atom stereocenters. The number of hydrogen-bond acceptors (Lipinski definition) is 7. The van der Waals surface area contributed by atoms with Crippen LogP contribution in [0.25, 0.3) is 0 Å². The van der Waals surface area contributed by atoms with Crippen LogP contribution in [0.3, 0.4) is 0 Å². The number of rotatable bonds is 13. The second-order valence-corrected chi connectivity index (χ2v) is 10.6. The van der Waals surface area contributed by atoms with E-state index in [4.69, 9.17) is 14.7 Å².